The quantitative estimate of drug-likeness (QED) is 0.853. The lowest BCUT2D eigenvalue weighted by Gasteiger charge is -2.43. The molecule has 2 aliphatic rings. The number of amides is 3. The fraction of sp³-hybridized carbons (Fsp3) is 0.625. The van der Waals surface area contributed by atoms with Crippen LogP contribution in [0.25, 0.3) is 0 Å². The third-order valence-corrected chi connectivity index (χ3v) is 4.49. The Balaban J connectivity index is 1.65. The topological polar surface area (TPSA) is 87.2 Å². The molecule has 0 bridgehead atoms. The first kappa shape index (κ1) is 15.7. The molecule has 0 radical (unpaired) electrons. The Morgan fingerprint density at radius 1 is 1.35 bits per heavy atom. The molecule has 2 fully saturated rings. The van der Waals surface area contributed by atoms with Gasteiger partial charge >= 0.3 is 6.03 Å². The van der Waals surface area contributed by atoms with Gasteiger partial charge in [0.05, 0.1) is 18.3 Å². The van der Waals surface area contributed by atoms with Gasteiger partial charge in [-0.1, -0.05) is 12.8 Å². The number of carbonyl (C=O) groups excluding carboxylic acids is 2. The summed E-state index contributed by atoms with van der Waals surface area (Å²) in [5.41, 5.74) is 1.66. The van der Waals surface area contributed by atoms with E-state index in [9.17, 15) is 9.59 Å². The van der Waals surface area contributed by atoms with Crippen molar-refractivity contribution < 1.29 is 9.59 Å². The van der Waals surface area contributed by atoms with Gasteiger partial charge in [0.25, 0.3) is 0 Å². The van der Waals surface area contributed by atoms with Gasteiger partial charge in [-0.25, -0.2) is 14.8 Å². The zero-order valence-corrected chi connectivity index (χ0v) is 13.6. The van der Waals surface area contributed by atoms with Gasteiger partial charge in [0.15, 0.2) is 0 Å². The van der Waals surface area contributed by atoms with Crippen molar-refractivity contribution in [3.05, 3.63) is 23.3 Å². The van der Waals surface area contributed by atoms with Gasteiger partial charge in [-0.05, 0) is 32.8 Å². The number of urea groups is 1. The largest absolute Gasteiger partial charge is 0.350 e. The molecule has 7 nitrogen and oxygen atoms in total. The Kier molecular flexibility index (Phi) is 4.45. The van der Waals surface area contributed by atoms with Crippen LogP contribution >= 0.6 is 0 Å². The van der Waals surface area contributed by atoms with Crippen molar-refractivity contribution in [1.29, 1.82) is 0 Å². The highest BCUT2D eigenvalue weighted by Gasteiger charge is 2.38. The van der Waals surface area contributed by atoms with Crippen molar-refractivity contribution in [3.63, 3.8) is 0 Å². The third-order valence-electron chi connectivity index (χ3n) is 4.49. The van der Waals surface area contributed by atoms with Gasteiger partial charge in [-0.2, -0.15) is 0 Å². The van der Waals surface area contributed by atoms with Gasteiger partial charge in [0, 0.05) is 11.7 Å². The summed E-state index contributed by atoms with van der Waals surface area (Å²) in [5, 5.41) is 5.90. The molecule has 3 rings (SSSR count). The second-order valence-corrected chi connectivity index (χ2v) is 6.36. The molecule has 0 aromatic carbocycles. The number of nitrogens with one attached hydrogen (secondary N) is 2. The molecule has 23 heavy (non-hydrogen) atoms. The van der Waals surface area contributed by atoms with Gasteiger partial charge < -0.3 is 15.5 Å². The number of hydrogen-bond donors (Lipinski definition) is 2. The minimum atomic E-state index is -0.189. The van der Waals surface area contributed by atoms with Crippen LogP contribution in [0.3, 0.4) is 0 Å². The van der Waals surface area contributed by atoms with E-state index in [1.165, 1.54) is 0 Å². The highest BCUT2D eigenvalue weighted by molar-refractivity contribution is 5.86. The van der Waals surface area contributed by atoms with Crippen molar-refractivity contribution in [3.8, 4) is 0 Å². The maximum Gasteiger partial charge on any atom is 0.318 e. The summed E-state index contributed by atoms with van der Waals surface area (Å²) in [6.07, 6.45) is 4.11. The molecule has 1 aliphatic carbocycles. The van der Waals surface area contributed by atoms with Gasteiger partial charge in [-0.15, -0.1) is 0 Å². The lowest BCUT2D eigenvalue weighted by atomic mass is 9.87. The molecule has 1 aliphatic heterocycles. The van der Waals surface area contributed by atoms with E-state index in [0.717, 1.165) is 37.1 Å². The molecule has 1 saturated carbocycles. The summed E-state index contributed by atoms with van der Waals surface area (Å²) in [7, 11) is 0. The number of hydrogen-bond acceptors (Lipinski definition) is 4. The summed E-state index contributed by atoms with van der Waals surface area (Å²) in [6, 6.07) is 1.87. The monoisotopic (exact) mass is 317 g/mol. The van der Waals surface area contributed by atoms with E-state index in [1.54, 1.807) is 4.90 Å². The summed E-state index contributed by atoms with van der Waals surface area (Å²) in [6.45, 7) is 4.22. The SMILES string of the molecule is Cc1cc(CNC(=O)N2CC(=O)NC3CCCCC32)nc(C)n1. The number of carbonyl (C=O) groups is 2. The first-order valence-electron chi connectivity index (χ1n) is 8.18. The van der Waals surface area contributed by atoms with Gasteiger partial charge in [-0.3, -0.25) is 4.79 Å². The molecule has 0 spiro atoms. The molecule has 3 amide bonds. The van der Waals surface area contributed by atoms with Crippen LogP contribution in [-0.4, -0.2) is 45.4 Å². The minimum Gasteiger partial charge on any atom is -0.350 e. The van der Waals surface area contributed by atoms with E-state index in [-0.39, 0.29) is 30.6 Å². The van der Waals surface area contributed by atoms with Crippen LogP contribution in [-0.2, 0) is 11.3 Å². The lowest BCUT2D eigenvalue weighted by Crippen LogP contribution is -2.64. The molecule has 1 aromatic heterocycles. The van der Waals surface area contributed by atoms with E-state index in [0.29, 0.717) is 12.4 Å². The Hall–Kier alpha value is -2.18. The molecule has 1 saturated heterocycles. The summed E-state index contributed by atoms with van der Waals surface area (Å²) >= 11 is 0. The van der Waals surface area contributed by atoms with E-state index in [1.807, 2.05) is 19.9 Å². The van der Waals surface area contributed by atoms with Crippen molar-refractivity contribution in [2.24, 2.45) is 0 Å². The maximum atomic E-state index is 12.5. The van der Waals surface area contributed by atoms with E-state index >= 15 is 0 Å². The number of fused-ring (bicyclic) bond motifs is 1. The molecular formula is C16H23N5O2. The van der Waals surface area contributed by atoms with Crippen LogP contribution in [0.15, 0.2) is 6.07 Å². The predicted molar refractivity (Wildman–Crippen MR) is 84.6 cm³/mol. The van der Waals surface area contributed by atoms with Gasteiger partial charge in [0.2, 0.25) is 5.91 Å². The Morgan fingerprint density at radius 3 is 2.91 bits per heavy atom. The Bertz CT molecular complexity index is 598. The summed E-state index contributed by atoms with van der Waals surface area (Å²) in [4.78, 5) is 34.6. The van der Waals surface area contributed by atoms with Crippen LogP contribution < -0.4 is 10.6 Å². The van der Waals surface area contributed by atoms with E-state index in [2.05, 4.69) is 20.6 Å². The van der Waals surface area contributed by atoms with Crippen LogP contribution in [0.5, 0.6) is 0 Å². The molecule has 7 heteroatoms. The maximum absolute atomic E-state index is 12.5. The molecule has 2 heterocycles. The Morgan fingerprint density at radius 2 is 2.13 bits per heavy atom. The number of nitrogens with zero attached hydrogens (tertiary/aromatic N) is 3. The molecule has 2 unspecified atom stereocenters. The van der Waals surface area contributed by atoms with E-state index < -0.39 is 0 Å². The smallest absolute Gasteiger partial charge is 0.318 e. The second-order valence-electron chi connectivity index (χ2n) is 6.36. The third kappa shape index (κ3) is 3.60. The van der Waals surface area contributed by atoms with Crippen LogP contribution in [0.2, 0.25) is 0 Å². The fourth-order valence-electron chi connectivity index (χ4n) is 3.55. The molecule has 1 aromatic rings. The Labute approximate surface area is 135 Å². The van der Waals surface area contributed by atoms with Crippen molar-refractivity contribution in [2.75, 3.05) is 6.54 Å². The number of aryl methyl sites for hydroxylation is 2. The average Bonchev–Trinajstić information content (AvgIpc) is 2.51. The van der Waals surface area contributed by atoms with Crippen molar-refractivity contribution in [1.82, 2.24) is 25.5 Å². The molecule has 124 valence electrons. The molecule has 2 N–H and O–H groups in total. The zero-order valence-electron chi connectivity index (χ0n) is 13.6. The lowest BCUT2D eigenvalue weighted by molar-refractivity contribution is -0.126. The highest BCUT2D eigenvalue weighted by atomic mass is 16.2. The van der Waals surface area contributed by atoms with Gasteiger partial charge in [0.1, 0.15) is 12.4 Å². The van der Waals surface area contributed by atoms with Crippen LogP contribution in [0.1, 0.15) is 42.9 Å². The van der Waals surface area contributed by atoms with E-state index in [4.69, 9.17) is 0 Å². The predicted octanol–water partition coefficient (Wildman–Crippen LogP) is 1.05. The second kappa shape index (κ2) is 6.52. The standard InChI is InChI=1S/C16H23N5O2/c1-10-7-12(19-11(2)18-10)8-17-16(23)21-9-15(22)20-13-5-3-4-6-14(13)21/h7,13-14H,3-6,8-9H2,1-2H3,(H,17,23)(H,20,22). The van der Waals surface area contributed by atoms with Crippen LogP contribution in [0, 0.1) is 13.8 Å². The van der Waals surface area contributed by atoms with Crippen LogP contribution in [0.4, 0.5) is 4.79 Å². The number of aromatic nitrogens is 2. The molecule has 2 atom stereocenters. The minimum absolute atomic E-state index is 0.0722. The highest BCUT2D eigenvalue weighted by Crippen LogP contribution is 2.25. The zero-order chi connectivity index (χ0) is 16.4. The summed E-state index contributed by atoms with van der Waals surface area (Å²) in [5.74, 6) is 0.621. The first-order chi connectivity index (χ1) is 11.0. The molecular weight excluding hydrogens is 294 g/mol. The number of piperazine rings is 1. The first-order valence-corrected chi connectivity index (χ1v) is 8.18. The average molecular weight is 317 g/mol. The summed E-state index contributed by atoms with van der Waals surface area (Å²) < 4.78 is 0. The van der Waals surface area contributed by atoms with Crippen molar-refractivity contribution >= 4 is 11.9 Å². The van der Waals surface area contributed by atoms with Crippen molar-refractivity contribution in [2.45, 2.75) is 58.2 Å². The fourth-order valence-corrected chi connectivity index (χ4v) is 3.55. The number of rotatable bonds is 2. The normalized spacial score (nSPS) is 23.9.